The molecular weight excluding hydrogens is 318 g/mol. The van der Waals surface area contributed by atoms with Gasteiger partial charge in [0.05, 0.1) is 12.0 Å². The molecule has 2 aliphatic rings. The monoisotopic (exact) mass is 339 g/mol. The Balaban J connectivity index is 1.52. The van der Waals surface area contributed by atoms with Crippen molar-refractivity contribution in [2.45, 2.75) is 44.2 Å². The number of carboxylic acid groups (broad SMARTS) is 1. The van der Waals surface area contributed by atoms with Crippen molar-refractivity contribution in [3.05, 3.63) is 53.3 Å². The molecule has 4 rings (SSSR count). The van der Waals surface area contributed by atoms with Crippen LogP contribution < -0.4 is 5.32 Å². The molecule has 0 saturated heterocycles. The predicted molar refractivity (Wildman–Crippen MR) is 91.2 cm³/mol. The van der Waals surface area contributed by atoms with Crippen LogP contribution in [0.25, 0.3) is 0 Å². The number of hydrogen-bond acceptors (Lipinski definition) is 3. The van der Waals surface area contributed by atoms with Gasteiger partial charge in [0.2, 0.25) is 0 Å². The van der Waals surface area contributed by atoms with Crippen molar-refractivity contribution < 1.29 is 14.7 Å². The lowest BCUT2D eigenvalue weighted by atomic mass is 9.85. The molecule has 2 aliphatic carbocycles. The second-order valence-electron chi connectivity index (χ2n) is 6.98. The zero-order chi connectivity index (χ0) is 17.4. The maximum absolute atomic E-state index is 12.7. The standard InChI is InChI=1S/C19H21N3O3/c23-18(17-8-9-20-22(17)11-12-4-3-5-12)21-16-10-15(19(24)25)13-6-1-2-7-14(13)16/h1-2,6-9,12,15-16H,3-5,10-11H2,(H,21,23)(H,24,25). The summed E-state index contributed by atoms with van der Waals surface area (Å²) in [7, 11) is 0. The third kappa shape index (κ3) is 2.92. The molecule has 1 amide bonds. The minimum absolute atomic E-state index is 0.192. The minimum atomic E-state index is -0.848. The van der Waals surface area contributed by atoms with Crippen LogP contribution in [-0.4, -0.2) is 26.8 Å². The summed E-state index contributed by atoms with van der Waals surface area (Å²) in [5, 5.41) is 16.7. The highest BCUT2D eigenvalue weighted by Crippen LogP contribution is 2.40. The van der Waals surface area contributed by atoms with Gasteiger partial charge in [-0.1, -0.05) is 30.7 Å². The number of hydrogen-bond donors (Lipinski definition) is 2. The first-order valence-corrected chi connectivity index (χ1v) is 8.78. The molecule has 1 aromatic carbocycles. The topological polar surface area (TPSA) is 84.2 Å². The largest absolute Gasteiger partial charge is 0.481 e. The van der Waals surface area contributed by atoms with Crippen molar-refractivity contribution in [1.29, 1.82) is 0 Å². The number of nitrogens with zero attached hydrogens (tertiary/aromatic N) is 2. The van der Waals surface area contributed by atoms with Crippen LogP contribution in [0.3, 0.4) is 0 Å². The van der Waals surface area contributed by atoms with Crippen LogP contribution in [-0.2, 0) is 11.3 Å². The first kappa shape index (κ1) is 15.9. The van der Waals surface area contributed by atoms with E-state index in [0.717, 1.165) is 17.7 Å². The summed E-state index contributed by atoms with van der Waals surface area (Å²) in [5.74, 6) is -1.00. The Labute approximate surface area is 145 Å². The number of nitrogens with one attached hydrogen (secondary N) is 1. The summed E-state index contributed by atoms with van der Waals surface area (Å²) in [4.78, 5) is 24.2. The molecule has 1 aromatic heterocycles. The average molecular weight is 339 g/mol. The van der Waals surface area contributed by atoms with E-state index < -0.39 is 11.9 Å². The Hall–Kier alpha value is -2.63. The second kappa shape index (κ2) is 6.35. The van der Waals surface area contributed by atoms with Crippen LogP contribution in [0, 0.1) is 5.92 Å². The molecule has 0 spiro atoms. The van der Waals surface area contributed by atoms with Crippen molar-refractivity contribution in [2.75, 3.05) is 0 Å². The molecule has 6 nitrogen and oxygen atoms in total. The number of benzene rings is 1. The number of fused-ring (bicyclic) bond motifs is 1. The zero-order valence-corrected chi connectivity index (χ0v) is 13.9. The van der Waals surface area contributed by atoms with Gasteiger partial charge in [-0.3, -0.25) is 14.3 Å². The van der Waals surface area contributed by atoms with Crippen molar-refractivity contribution in [2.24, 2.45) is 5.92 Å². The van der Waals surface area contributed by atoms with Crippen LogP contribution >= 0.6 is 0 Å². The highest BCUT2D eigenvalue weighted by Gasteiger charge is 2.36. The Morgan fingerprint density at radius 1 is 1.20 bits per heavy atom. The Kier molecular flexibility index (Phi) is 4.03. The van der Waals surface area contributed by atoms with Crippen molar-refractivity contribution >= 4 is 11.9 Å². The van der Waals surface area contributed by atoms with Crippen LogP contribution in [0.1, 0.15) is 59.3 Å². The highest BCUT2D eigenvalue weighted by molar-refractivity contribution is 5.93. The normalized spacial score (nSPS) is 22.2. The smallest absolute Gasteiger partial charge is 0.311 e. The van der Waals surface area contributed by atoms with Crippen LogP contribution in [0.2, 0.25) is 0 Å². The van der Waals surface area contributed by atoms with Gasteiger partial charge in [-0.25, -0.2) is 0 Å². The Morgan fingerprint density at radius 2 is 1.96 bits per heavy atom. The molecule has 0 bridgehead atoms. The quantitative estimate of drug-likeness (QED) is 0.877. The third-order valence-corrected chi connectivity index (χ3v) is 5.43. The highest BCUT2D eigenvalue weighted by atomic mass is 16.4. The number of carbonyl (C=O) groups excluding carboxylic acids is 1. The number of amides is 1. The van der Waals surface area contributed by atoms with Crippen molar-refractivity contribution in [3.63, 3.8) is 0 Å². The van der Waals surface area contributed by atoms with E-state index in [-0.39, 0.29) is 11.9 Å². The molecule has 1 heterocycles. The molecule has 0 aliphatic heterocycles. The van der Waals surface area contributed by atoms with E-state index in [4.69, 9.17) is 0 Å². The first-order chi connectivity index (χ1) is 12.1. The van der Waals surface area contributed by atoms with Gasteiger partial charge in [0.1, 0.15) is 5.69 Å². The van der Waals surface area contributed by atoms with E-state index in [9.17, 15) is 14.7 Å². The zero-order valence-electron chi connectivity index (χ0n) is 13.9. The first-order valence-electron chi connectivity index (χ1n) is 8.78. The van der Waals surface area contributed by atoms with Gasteiger partial charge in [-0.15, -0.1) is 0 Å². The van der Waals surface area contributed by atoms with Crippen LogP contribution in [0.15, 0.2) is 36.5 Å². The van der Waals surface area contributed by atoms with Crippen LogP contribution in [0.5, 0.6) is 0 Å². The lowest BCUT2D eigenvalue weighted by molar-refractivity contribution is -0.138. The predicted octanol–water partition coefficient (Wildman–Crippen LogP) is 2.73. The van der Waals surface area contributed by atoms with Gasteiger partial charge >= 0.3 is 5.97 Å². The number of rotatable bonds is 5. The van der Waals surface area contributed by atoms with Gasteiger partial charge in [0, 0.05) is 12.7 Å². The van der Waals surface area contributed by atoms with E-state index in [2.05, 4.69) is 10.4 Å². The van der Waals surface area contributed by atoms with E-state index >= 15 is 0 Å². The molecule has 2 N–H and O–H groups in total. The van der Waals surface area contributed by atoms with E-state index in [1.165, 1.54) is 19.3 Å². The molecule has 2 aromatic rings. The molecule has 130 valence electrons. The minimum Gasteiger partial charge on any atom is -0.481 e. The maximum Gasteiger partial charge on any atom is 0.311 e. The molecule has 2 unspecified atom stereocenters. The number of carbonyl (C=O) groups is 2. The fourth-order valence-corrected chi connectivity index (χ4v) is 3.83. The van der Waals surface area contributed by atoms with Gasteiger partial charge < -0.3 is 10.4 Å². The van der Waals surface area contributed by atoms with Gasteiger partial charge in [-0.05, 0) is 42.4 Å². The summed E-state index contributed by atoms with van der Waals surface area (Å²) in [6, 6.07) is 8.90. The fourth-order valence-electron chi connectivity index (χ4n) is 3.83. The van der Waals surface area contributed by atoms with Crippen LogP contribution in [0.4, 0.5) is 0 Å². The van der Waals surface area contributed by atoms with Gasteiger partial charge in [0.25, 0.3) is 5.91 Å². The summed E-state index contributed by atoms with van der Waals surface area (Å²) < 4.78 is 1.77. The fraction of sp³-hybridized carbons (Fsp3) is 0.421. The molecule has 6 heteroatoms. The summed E-state index contributed by atoms with van der Waals surface area (Å²) in [6.45, 7) is 0.773. The molecule has 2 atom stereocenters. The van der Waals surface area contributed by atoms with Gasteiger partial charge in [0.15, 0.2) is 0 Å². The Bertz CT molecular complexity index is 810. The maximum atomic E-state index is 12.7. The summed E-state index contributed by atoms with van der Waals surface area (Å²) in [5.41, 5.74) is 2.24. The van der Waals surface area contributed by atoms with Crippen molar-refractivity contribution in [3.8, 4) is 0 Å². The summed E-state index contributed by atoms with van der Waals surface area (Å²) >= 11 is 0. The molecule has 25 heavy (non-hydrogen) atoms. The number of aromatic nitrogens is 2. The lowest BCUT2D eigenvalue weighted by Crippen LogP contribution is -2.31. The van der Waals surface area contributed by atoms with E-state index in [0.29, 0.717) is 18.0 Å². The second-order valence-corrected chi connectivity index (χ2v) is 6.98. The van der Waals surface area contributed by atoms with E-state index in [1.54, 1.807) is 16.9 Å². The molecule has 1 saturated carbocycles. The number of aliphatic carboxylic acids is 1. The average Bonchev–Trinajstić information content (AvgIpc) is 3.16. The SMILES string of the molecule is O=C(NC1CC(C(=O)O)c2ccccc21)c1ccnn1CC1CCC1. The molecular formula is C19H21N3O3. The summed E-state index contributed by atoms with van der Waals surface area (Å²) in [6.07, 6.45) is 5.67. The third-order valence-electron chi connectivity index (χ3n) is 5.43. The van der Waals surface area contributed by atoms with Gasteiger partial charge in [-0.2, -0.15) is 5.10 Å². The molecule has 0 radical (unpaired) electrons. The van der Waals surface area contributed by atoms with Crippen molar-refractivity contribution in [1.82, 2.24) is 15.1 Å². The van der Waals surface area contributed by atoms with E-state index in [1.807, 2.05) is 24.3 Å². The number of carboxylic acids is 1. The lowest BCUT2D eigenvalue weighted by Gasteiger charge is -2.25. The Morgan fingerprint density at radius 3 is 2.64 bits per heavy atom. The molecule has 1 fully saturated rings.